The van der Waals surface area contributed by atoms with Gasteiger partial charge in [-0.15, -0.1) is 0 Å². The predicted octanol–water partition coefficient (Wildman–Crippen LogP) is 2.26. The lowest BCUT2D eigenvalue weighted by Gasteiger charge is -2.30. The first-order valence-corrected chi connectivity index (χ1v) is 7.30. The summed E-state index contributed by atoms with van der Waals surface area (Å²) in [6, 6.07) is 15.0. The molecule has 1 fully saturated rings. The molecule has 1 atom stereocenters. The maximum atomic E-state index is 5.77. The van der Waals surface area contributed by atoms with Crippen LogP contribution in [0.15, 0.2) is 42.5 Å². The van der Waals surface area contributed by atoms with Crippen molar-refractivity contribution in [2.45, 2.75) is 12.6 Å². The molecule has 0 bridgehead atoms. The van der Waals surface area contributed by atoms with Crippen molar-refractivity contribution in [3.8, 4) is 0 Å². The molecule has 0 radical (unpaired) electrons. The number of nitrogens with one attached hydrogen (secondary N) is 1. The molecule has 0 aliphatic carbocycles. The maximum absolute atomic E-state index is 5.77. The maximum Gasteiger partial charge on any atom is 0.0826 e. The topological polar surface area (TPSA) is 24.5 Å². The summed E-state index contributed by atoms with van der Waals surface area (Å²) in [4.78, 5) is 2.33. The van der Waals surface area contributed by atoms with Crippen molar-refractivity contribution in [1.82, 2.24) is 10.2 Å². The number of hydrogen-bond donors (Lipinski definition) is 1. The molecule has 3 nitrogen and oxygen atoms in total. The molecule has 1 aliphatic heterocycles. The van der Waals surface area contributed by atoms with Crippen LogP contribution in [-0.4, -0.2) is 44.3 Å². The number of ether oxygens (including phenoxy) is 1. The fourth-order valence-corrected chi connectivity index (χ4v) is 2.80. The van der Waals surface area contributed by atoms with Gasteiger partial charge in [-0.25, -0.2) is 0 Å². The highest BCUT2D eigenvalue weighted by molar-refractivity contribution is 5.85. The van der Waals surface area contributed by atoms with Crippen LogP contribution < -0.4 is 5.32 Å². The molecule has 0 unspecified atom stereocenters. The van der Waals surface area contributed by atoms with Crippen molar-refractivity contribution in [3.05, 3.63) is 48.0 Å². The number of nitrogens with zero attached hydrogens (tertiary/aromatic N) is 1. The number of likely N-dealkylation sites (N-methyl/N-ethyl adjacent to an activating group) is 1. The summed E-state index contributed by atoms with van der Waals surface area (Å²) in [5.74, 6) is 0. The van der Waals surface area contributed by atoms with Crippen LogP contribution in [0.1, 0.15) is 5.56 Å². The van der Waals surface area contributed by atoms with E-state index in [1.54, 1.807) is 0 Å². The van der Waals surface area contributed by atoms with Gasteiger partial charge in [0.15, 0.2) is 0 Å². The van der Waals surface area contributed by atoms with E-state index in [9.17, 15) is 0 Å². The zero-order valence-corrected chi connectivity index (χ0v) is 12.0. The normalized spacial score (nSPS) is 20.4. The number of benzene rings is 2. The van der Waals surface area contributed by atoms with E-state index in [0.29, 0.717) is 6.10 Å². The molecule has 106 valence electrons. The number of rotatable bonds is 4. The smallest absolute Gasteiger partial charge is 0.0826 e. The number of morpholine rings is 1. The molecular weight excluding hydrogens is 248 g/mol. The Bertz CT molecular complexity index is 564. The van der Waals surface area contributed by atoms with E-state index >= 15 is 0 Å². The van der Waals surface area contributed by atoms with Gasteiger partial charge in [-0.05, 0) is 23.4 Å². The minimum Gasteiger partial charge on any atom is -0.374 e. The van der Waals surface area contributed by atoms with E-state index in [-0.39, 0.29) is 0 Å². The summed E-state index contributed by atoms with van der Waals surface area (Å²) in [5.41, 5.74) is 1.35. The van der Waals surface area contributed by atoms with Crippen LogP contribution in [0.25, 0.3) is 10.8 Å². The van der Waals surface area contributed by atoms with Gasteiger partial charge in [0.05, 0.1) is 12.7 Å². The molecule has 1 heterocycles. The van der Waals surface area contributed by atoms with Gasteiger partial charge in [-0.2, -0.15) is 0 Å². The van der Waals surface area contributed by atoms with E-state index in [2.05, 4.69) is 59.7 Å². The zero-order valence-electron chi connectivity index (χ0n) is 12.0. The Hall–Kier alpha value is -1.42. The van der Waals surface area contributed by atoms with Crippen LogP contribution in [-0.2, 0) is 11.3 Å². The fourth-order valence-electron chi connectivity index (χ4n) is 2.80. The van der Waals surface area contributed by atoms with Gasteiger partial charge in [0, 0.05) is 26.2 Å². The predicted molar refractivity (Wildman–Crippen MR) is 82.9 cm³/mol. The largest absolute Gasteiger partial charge is 0.374 e. The SMILES string of the molecule is CN1CCO[C@H](CNCc2cccc3ccccc23)C1. The lowest BCUT2D eigenvalue weighted by Crippen LogP contribution is -2.44. The van der Waals surface area contributed by atoms with Gasteiger partial charge < -0.3 is 15.0 Å². The van der Waals surface area contributed by atoms with Gasteiger partial charge in [0.2, 0.25) is 0 Å². The highest BCUT2D eigenvalue weighted by Crippen LogP contribution is 2.18. The minimum absolute atomic E-state index is 0.309. The summed E-state index contributed by atoms with van der Waals surface area (Å²) in [6.45, 7) is 4.71. The molecule has 0 saturated carbocycles. The van der Waals surface area contributed by atoms with Crippen molar-refractivity contribution in [2.24, 2.45) is 0 Å². The van der Waals surface area contributed by atoms with Gasteiger partial charge in [-0.3, -0.25) is 0 Å². The monoisotopic (exact) mass is 270 g/mol. The molecule has 0 aromatic heterocycles. The van der Waals surface area contributed by atoms with Gasteiger partial charge in [0.1, 0.15) is 0 Å². The Morgan fingerprint density at radius 2 is 2.05 bits per heavy atom. The quantitative estimate of drug-likeness (QED) is 0.922. The minimum atomic E-state index is 0.309. The Labute approximate surface area is 120 Å². The molecule has 2 aromatic rings. The zero-order chi connectivity index (χ0) is 13.8. The molecule has 1 aliphatic rings. The number of hydrogen-bond acceptors (Lipinski definition) is 3. The number of fused-ring (bicyclic) bond motifs is 1. The van der Waals surface area contributed by atoms with Crippen LogP contribution in [0.5, 0.6) is 0 Å². The van der Waals surface area contributed by atoms with E-state index in [1.807, 2.05) is 0 Å². The second kappa shape index (κ2) is 6.35. The van der Waals surface area contributed by atoms with Crippen LogP contribution in [0.3, 0.4) is 0 Å². The van der Waals surface area contributed by atoms with Crippen LogP contribution in [0.2, 0.25) is 0 Å². The lowest BCUT2D eigenvalue weighted by molar-refractivity contribution is -0.0182. The van der Waals surface area contributed by atoms with Crippen LogP contribution in [0, 0.1) is 0 Å². The highest BCUT2D eigenvalue weighted by Gasteiger charge is 2.16. The van der Waals surface area contributed by atoms with Gasteiger partial charge in [-0.1, -0.05) is 42.5 Å². The van der Waals surface area contributed by atoms with E-state index in [4.69, 9.17) is 4.74 Å². The Kier molecular flexibility index (Phi) is 4.31. The van der Waals surface area contributed by atoms with Crippen molar-refractivity contribution >= 4 is 10.8 Å². The van der Waals surface area contributed by atoms with E-state index < -0.39 is 0 Å². The average Bonchev–Trinajstić information content (AvgIpc) is 2.48. The third-order valence-corrected chi connectivity index (χ3v) is 3.91. The van der Waals surface area contributed by atoms with Crippen molar-refractivity contribution in [3.63, 3.8) is 0 Å². The molecule has 3 heteroatoms. The highest BCUT2D eigenvalue weighted by atomic mass is 16.5. The molecular formula is C17H22N2O. The molecule has 2 aromatic carbocycles. The van der Waals surface area contributed by atoms with Crippen molar-refractivity contribution in [1.29, 1.82) is 0 Å². The Balaban J connectivity index is 1.60. The average molecular weight is 270 g/mol. The van der Waals surface area contributed by atoms with E-state index in [0.717, 1.165) is 32.8 Å². The first kappa shape index (κ1) is 13.6. The first-order valence-electron chi connectivity index (χ1n) is 7.30. The standard InChI is InChI=1S/C17H22N2O/c1-19-9-10-20-16(13-19)12-18-11-15-7-4-6-14-5-2-3-8-17(14)15/h2-8,16,18H,9-13H2,1H3/t16-/m1/s1. The van der Waals surface area contributed by atoms with Gasteiger partial charge in [0.25, 0.3) is 0 Å². The summed E-state index contributed by atoms with van der Waals surface area (Å²) in [5, 5.41) is 6.18. The summed E-state index contributed by atoms with van der Waals surface area (Å²) in [7, 11) is 2.15. The van der Waals surface area contributed by atoms with Crippen LogP contribution >= 0.6 is 0 Å². The second-order valence-corrected chi connectivity index (χ2v) is 5.52. The molecule has 20 heavy (non-hydrogen) atoms. The Morgan fingerprint density at radius 1 is 1.20 bits per heavy atom. The molecule has 0 spiro atoms. The van der Waals surface area contributed by atoms with Crippen molar-refractivity contribution < 1.29 is 4.74 Å². The fraction of sp³-hybridized carbons (Fsp3) is 0.412. The summed E-state index contributed by atoms with van der Waals surface area (Å²) >= 11 is 0. The third kappa shape index (κ3) is 3.18. The third-order valence-electron chi connectivity index (χ3n) is 3.91. The molecule has 0 amide bonds. The first-order chi connectivity index (χ1) is 9.83. The molecule has 1 saturated heterocycles. The lowest BCUT2D eigenvalue weighted by atomic mass is 10.0. The van der Waals surface area contributed by atoms with Crippen molar-refractivity contribution in [2.75, 3.05) is 33.3 Å². The summed E-state index contributed by atoms with van der Waals surface area (Å²) in [6.07, 6.45) is 0.309. The molecule has 3 rings (SSSR count). The van der Waals surface area contributed by atoms with E-state index in [1.165, 1.54) is 16.3 Å². The summed E-state index contributed by atoms with van der Waals surface area (Å²) < 4.78 is 5.77. The van der Waals surface area contributed by atoms with Gasteiger partial charge >= 0.3 is 0 Å². The van der Waals surface area contributed by atoms with Crippen LogP contribution in [0.4, 0.5) is 0 Å². The second-order valence-electron chi connectivity index (χ2n) is 5.52. The Morgan fingerprint density at radius 3 is 2.95 bits per heavy atom. The molecule has 1 N–H and O–H groups in total.